The molecule has 3 heterocycles. The molecule has 0 aromatic carbocycles. The van der Waals surface area contributed by atoms with Crippen molar-refractivity contribution >= 4 is 28.3 Å². The molecule has 9 heteroatoms. The van der Waals surface area contributed by atoms with Crippen LogP contribution >= 0.6 is 0 Å². The Morgan fingerprint density at radius 3 is 2.66 bits per heavy atom. The number of amides is 1. The van der Waals surface area contributed by atoms with Gasteiger partial charge < -0.3 is 15.1 Å². The zero-order chi connectivity index (χ0) is 23.0. The second-order valence-electron chi connectivity index (χ2n) is 8.08. The van der Waals surface area contributed by atoms with Gasteiger partial charge in [-0.25, -0.2) is 9.37 Å². The first-order chi connectivity index (χ1) is 15.3. The third kappa shape index (κ3) is 3.98. The highest BCUT2D eigenvalue weighted by Gasteiger charge is 2.43. The quantitative estimate of drug-likeness (QED) is 0.348. The molecule has 8 nitrogen and oxygen atoms in total. The summed E-state index contributed by atoms with van der Waals surface area (Å²) in [7, 11) is 1.65. The van der Waals surface area contributed by atoms with E-state index in [1.807, 2.05) is 13.8 Å². The van der Waals surface area contributed by atoms with E-state index in [0.717, 1.165) is 12.0 Å². The number of hydrogen-bond acceptors (Lipinski definition) is 6. The number of halogens is 1. The van der Waals surface area contributed by atoms with Crippen molar-refractivity contribution < 1.29 is 14.4 Å². The Bertz CT molecular complexity index is 1300. The second kappa shape index (κ2) is 8.49. The average Bonchev–Trinajstić information content (AvgIpc) is 3.52. The minimum Gasteiger partial charge on any atom is -0.411 e. The van der Waals surface area contributed by atoms with Crippen molar-refractivity contribution in [1.82, 2.24) is 14.5 Å². The number of fused-ring (bicyclic) bond motifs is 1. The maximum atomic E-state index is 13.1. The molecule has 166 valence electrons. The van der Waals surface area contributed by atoms with Crippen LogP contribution in [0.2, 0.25) is 0 Å². The first-order valence-corrected chi connectivity index (χ1v) is 10.5. The summed E-state index contributed by atoms with van der Waals surface area (Å²) in [4.78, 5) is 33.8. The number of alkyl halides is 1. The van der Waals surface area contributed by atoms with Gasteiger partial charge in [0.1, 0.15) is 17.7 Å². The Morgan fingerprint density at radius 2 is 2.03 bits per heavy atom. The minimum absolute atomic E-state index is 0.228. The first kappa shape index (κ1) is 21.6. The number of nitrogens with zero attached hydrogens (tertiary/aromatic N) is 4. The number of oxime groups is 1. The van der Waals surface area contributed by atoms with Gasteiger partial charge in [0.25, 0.3) is 5.56 Å². The number of rotatable bonds is 6. The van der Waals surface area contributed by atoms with E-state index in [-0.39, 0.29) is 17.8 Å². The summed E-state index contributed by atoms with van der Waals surface area (Å²) >= 11 is 0. The van der Waals surface area contributed by atoms with Crippen LogP contribution in [0.25, 0.3) is 22.0 Å². The fourth-order valence-electron chi connectivity index (χ4n) is 3.74. The Balaban J connectivity index is 1.71. The van der Waals surface area contributed by atoms with E-state index in [9.17, 15) is 19.2 Å². The molecule has 1 saturated carbocycles. The molecule has 1 fully saturated rings. The van der Waals surface area contributed by atoms with Gasteiger partial charge in [-0.05, 0) is 37.5 Å². The number of hydrogen-bond donors (Lipinski definition) is 2. The standard InChI is InChI=1S/C23H24FN5O3/c1-4-5-18(28-32)19-6-12(2)16(11-25-19)14-7-13-10-26-21(9-20(13)29(3)23(14)31)27-22(30)15-8-17(15)24/h6-7,9-11,15,17,32H,4-5,8H2,1-3H3,(H,26,27,30)/b28-18+/t15-,17+/m0/s1. The van der Waals surface area contributed by atoms with E-state index in [1.54, 1.807) is 37.6 Å². The average molecular weight is 437 g/mol. The van der Waals surface area contributed by atoms with Crippen molar-refractivity contribution in [2.75, 3.05) is 5.32 Å². The van der Waals surface area contributed by atoms with Gasteiger partial charge in [-0.15, -0.1) is 0 Å². The number of aryl methyl sites for hydroxylation is 2. The lowest BCUT2D eigenvalue weighted by atomic mass is 10.0. The Hall–Kier alpha value is -3.62. The first-order valence-electron chi connectivity index (χ1n) is 10.5. The van der Waals surface area contributed by atoms with Crippen molar-refractivity contribution in [3.05, 3.63) is 52.2 Å². The maximum absolute atomic E-state index is 13.1. The fourth-order valence-corrected chi connectivity index (χ4v) is 3.74. The van der Waals surface area contributed by atoms with E-state index < -0.39 is 18.0 Å². The van der Waals surface area contributed by atoms with Gasteiger partial charge in [-0.2, -0.15) is 0 Å². The van der Waals surface area contributed by atoms with Crippen molar-refractivity contribution in [2.24, 2.45) is 18.1 Å². The molecule has 4 rings (SSSR count). The van der Waals surface area contributed by atoms with Crippen LogP contribution in [-0.2, 0) is 11.8 Å². The normalized spacial score (nSPS) is 18.1. The number of carbonyl (C=O) groups excluding carboxylic acids is 1. The predicted molar refractivity (Wildman–Crippen MR) is 120 cm³/mol. The summed E-state index contributed by atoms with van der Waals surface area (Å²) in [5.41, 5.74) is 3.40. The Morgan fingerprint density at radius 1 is 1.28 bits per heavy atom. The van der Waals surface area contributed by atoms with Crippen LogP contribution in [0.1, 0.15) is 37.4 Å². The SMILES string of the molecule is CCC/C(=N\O)c1cc(C)c(-c2cc3cnc(NC(=O)[C@H]4C[C@H]4F)cc3n(C)c2=O)cn1. The molecule has 2 N–H and O–H groups in total. The van der Waals surface area contributed by atoms with Gasteiger partial charge in [0.2, 0.25) is 5.91 Å². The summed E-state index contributed by atoms with van der Waals surface area (Å²) in [5.74, 6) is -0.745. The van der Waals surface area contributed by atoms with Crippen LogP contribution in [0.4, 0.5) is 10.2 Å². The molecule has 3 aromatic rings. The van der Waals surface area contributed by atoms with Gasteiger partial charge in [-0.3, -0.25) is 14.6 Å². The molecule has 2 atom stereocenters. The van der Waals surface area contributed by atoms with Crippen molar-refractivity contribution in [3.8, 4) is 11.1 Å². The molecule has 32 heavy (non-hydrogen) atoms. The Labute approximate surface area is 183 Å². The Kier molecular flexibility index (Phi) is 5.73. The highest BCUT2D eigenvalue weighted by Crippen LogP contribution is 2.34. The lowest BCUT2D eigenvalue weighted by Crippen LogP contribution is -2.20. The number of aromatic nitrogens is 3. The number of carbonyl (C=O) groups is 1. The molecule has 0 spiro atoms. The van der Waals surface area contributed by atoms with E-state index in [4.69, 9.17) is 0 Å². The summed E-state index contributed by atoms with van der Waals surface area (Å²) in [5, 5.41) is 15.9. The molecular weight excluding hydrogens is 413 g/mol. The third-order valence-electron chi connectivity index (χ3n) is 5.71. The minimum atomic E-state index is -1.09. The molecule has 0 bridgehead atoms. The van der Waals surface area contributed by atoms with E-state index in [1.165, 1.54) is 4.57 Å². The predicted octanol–water partition coefficient (Wildman–Crippen LogP) is 3.58. The van der Waals surface area contributed by atoms with Gasteiger partial charge in [0, 0.05) is 42.0 Å². The highest BCUT2D eigenvalue weighted by atomic mass is 19.1. The molecule has 1 aliphatic carbocycles. The molecule has 0 saturated heterocycles. The zero-order valence-corrected chi connectivity index (χ0v) is 18.1. The van der Waals surface area contributed by atoms with Gasteiger partial charge in [0.15, 0.2) is 0 Å². The topological polar surface area (TPSA) is 109 Å². The molecule has 0 radical (unpaired) electrons. The summed E-state index contributed by atoms with van der Waals surface area (Å²) in [6, 6.07) is 5.15. The molecule has 0 unspecified atom stereocenters. The number of pyridine rings is 3. The highest BCUT2D eigenvalue weighted by molar-refractivity contribution is 5.99. The summed E-state index contributed by atoms with van der Waals surface area (Å²) < 4.78 is 14.6. The number of anilines is 1. The molecule has 1 amide bonds. The lowest BCUT2D eigenvalue weighted by molar-refractivity contribution is -0.117. The fraction of sp³-hybridized carbons (Fsp3) is 0.348. The van der Waals surface area contributed by atoms with E-state index >= 15 is 0 Å². The molecule has 3 aromatic heterocycles. The van der Waals surface area contributed by atoms with Crippen LogP contribution in [0.5, 0.6) is 0 Å². The van der Waals surface area contributed by atoms with E-state index in [0.29, 0.717) is 39.9 Å². The third-order valence-corrected chi connectivity index (χ3v) is 5.71. The van der Waals surface area contributed by atoms with Crippen molar-refractivity contribution in [1.29, 1.82) is 0 Å². The van der Waals surface area contributed by atoms with Gasteiger partial charge in [-0.1, -0.05) is 18.5 Å². The molecule has 1 aliphatic rings. The second-order valence-corrected chi connectivity index (χ2v) is 8.08. The van der Waals surface area contributed by atoms with Crippen LogP contribution in [0.3, 0.4) is 0 Å². The molecule has 0 aliphatic heterocycles. The zero-order valence-electron chi connectivity index (χ0n) is 18.1. The maximum Gasteiger partial charge on any atom is 0.258 e. The van der Waals surface area contributed by atoms with Gasteiger partial charge >= 0.3 is 0 Å². The molecular formula is C23H24FN5O3. The van der Waals surface area contributed by atoms with Crippen LogP contribution in [0, 0.1) is 12.8 Å². The van der Waals surface area contributed by atoms with Crippen LogP contribution < -0.4 is 10.9 Å². The smallest absolute Gasteiger partial charge is 0.258 e. The van der Waals surface area contributed by atoms with E-state index in [2.05, 4.69) is 20.4 Å². The lowest BCUT2D eigenvalue weighted by Gasteiger charge is -2.13. The van der Waals surface area contributed by atoms with Crippen molar-refractivity contribution in [3.63, 3.8) is 0 Å². The number of nitrogens with one attached hydrogen (secondary N) is 1. The van der Waals surface area contributed by atoms with Gasteiger partial charge in [0.05, 0.1) is 17.1 Å². The van der Waals surface area contributed by atoms with Crippen LogP contribution in [-0.4, -0.2) is 37.5 Å². The largest absolute Gasteiger partial charge is 0.411 e. The monoisotopic (exact) mass is 437 g/mol. The van der Waals surface area contributed by atoms with Crippen molar-refractivity contribution in [2.45, 2.75) is 39.3 Å². The van der Waals surface area contributed by atoms with Crippen LogP contribution in [0.15, 0.2) is 40.5 Å². The summed E-state index contributed by atoms with van der Waals surface area (Å²) in [6.07, 6.45) is 3.74. The summed E-state index contributed by atoms with van der Waals surface area (Å²) in [6.45, 7) is 3.86.